The minimum Gasteiger partial charge on any atom is -0.380 e. The SMILES string of the molecule is CC1CCc2ccccc2N1CC1Cc2ccccc2N1. The quantitative estimate of drug-likeness (QED) is 0.897. The van der Waals surface area contributed by atoms with Crippen molar-refractivity contribution in [2.45, 2.75) is 38.3 Å². The Morgan fingerprint density at radius 2 is 1.81 bits per heavy atom. The first-order valence-electron chi connectivity index (χ1n) is 8.00. The number of nitrogens with zero attached hydrogens (tertiary/aromatic N) is 1. The summed E-state index contributed by atoms with van der Waals surface area (Å²) in [4.78, 5) is 2.60. The molecule has 0 bridgehead atoms. The summed E-state index contributed by atoms with van der Waals surface area (Å²) in [5, 5.41) is 3.69. The number of benzene rings is 2. The molecule has 0 aromatic heterocycles. The number of fused-ring (bicyclic) bond motifs is 2. The largest absolute Gasteiger partial charge is 0.380 e. The Labute approximate surface area is 126 Å². The van der Waals surface area contributed by atoms with Crippen LogP contribution in [0.2, 0.25) is 0 Å². The number of para-hydroxylation sites is 2. The number of hydrogen-bond acceptors (Lipinski definition) is 2. The monoisotopic (exact) mass is 278 g/mol. The summed E-state index contributed by atoms with van der Waals surface area (Å²) in [5.41, 5.74) is 5.72. The van der Waals surface area contributed by atoms with Crippen LogP contribution in [0.25, 0.3) is 0 Å². The van der Waals surface area contributed by atoms with E-state index in [0.29, 0.717) is 12.1 Å². The zero-order chi connectivity index (χ0) is 14.2. The second kappa shape index (κ2) is 5.10. The first-order chi connectivity index (χ1) is 10.3. The van der Waals surface area contributed by atoms with Gasteiger partial charge >= 0.3 is 0 Å². The van der Waals surface area contributed by atoms with Crippen molar-refractivity contribution in [2.24, 2.45) is 0 Å². The number of rotatable bonds is 2. The molecule has 0 spiro atoms. The third-order valence-corrected chi connectivity index (χ3v) is 4.92. The lowest BCUT2D eigenvalue weighted by Gasteiger charge is -2.38. The third kappa shape index (κ3) is 2.29. The molecule has 0 saturated heterocycles. The molecule has 2 aliphatic heterocycles. The third-order valence-electron chi connectivity index (χ3n) is 4.92. The number of hydrogen-bond donors (Lipinski definition) is 1. The van der Waals surface area contributed by atoms with E-state index >= 15 is 0 Å². The van der Waals surface area contributed by atoms with Crippen molar-refractivity contribution >= 4 is 11.4 Å². The van der Waals surface area contributed by atoms with Gasteiger partial charge in [0.05, 0.1) is 0 Å². The van der Waals surface area contributed by atoms with E-state index in [2.05, 4.69) is 65.7 Å². The maximum atomic E-state index is 3.69. The summed E-state index contributed by atoms with van der Waals surface area (Å²) in [6.07, 6.45) is 3.62. The lowest BCUT2D eigenvalue weighted by atomic mass is 9.96. The van der Waals surface area contributed by atoms with E-state index in [1.165, 1.54) is 35.3 Å². The van der Waals surface area contributed by atoms with Crippen LogP contribution in [0.15, 0.2) is 48.5 Å². The van der Waals surface area contributed by atoms with Gasteiger partial charge in [-0.2, -0.15) is 0 Å². The minimum atomic E-state index is 0.524. The van der Waals surface area contributed by atoms with E-state index in [4.69, 9.17) is 0 Å². The Balaban J connectivity index is 1.56. The molecule has 108 valence electrons. The molecule has 0 fully saturated rings. The predicted molar refractivity (Wildman–Crippen MR) is 89.1 cm³/mol. The van der Waals surface area contributed by atoms with Gasteiger partial charge in [0.2, 0.25) is 0 Å². The Hall–Kier alpha value is -1.96. The van der Waals surface area contributed by atoms with Gasteiger partial charge in [-0.1, -0.05) is 36.4 Å². The fourth-order valence-corrected chi connectivity index (χ4v) is 3.76. The van der Waals surface area contributed by atoms with Crippen LogP contribution in [0.4, 0.5) is 11.4 Å². The molecule has 21 heavy (non-hydrogen) atoms. The average Bonchev–Trinajstić information content (AvgIpc) is 2.92. The lowest BCUT2D eigenvalue weighted by Crippen LogP contribution is -2.43. The molecule has 4 rings (SSSR count). The molecule has 2 aromatic rings. The standard InChI is InChI=1S/C19H22N2/c1-14-10-11-15-6-3-5-9-19(15)21(14)13-17-12-16-7-2-4-8-18(16)20-17/h2-9,14,17,20H,10-13H2,1H3. The molecule has 2 atom stereocenters. The highest BCUT2D eigenvalue weighted by Gasteiger charge is 2.28. The van der Waals surface area contributed by atoms with E-state index in [9.17, 15) is 0 Å². The van der Waals surface area contributed by atoms with E-state index in [0.717, 1.165) is 13.0 Å². The van der Waals surface area contributed by atoms with Crippen LogP contribution in [0.1, 0.15) is 24.5 Å². The summed E-state index contributed by atoms with van der Waals surface area (Å²) in [6.45, 7) is 3.45. The molecular weight excluding hydrogens is 256 g/mol. The molecule has 0 saturated carbocycles. The van der Waals surface area contributed by atoms with Crippen LogP contribution >= 0.6 is 0 Å². The van der Waals surface area contributed by atoms with Crippen molar-refractivity contribution in [3.8, 4) is 0 Å². The van der Waals surface area contributed by atoms with Crippen LogP contribution in [-0.4, -0.2) is 18.6 Å². The van der Waals surface area contributed by atoms with Gasteiger partial charge in [0, 0.05) is 30.0 Å². The highest BCUT2D eigenvalue weighted by atomic mass is 15.2. The van der Waals surface area contributed by atoms with Gasteiger partial charge < -0.3 is 10.2 Å². The summed E-state index contributed by atoms with van der Waals surface area (Å²) in [5.74, 6) is 0. The fourth-order valence-electron chi connectivity index (χ4n) is 3.76. The topological polar surface area (TPSA) is 15.3 Å². The Morgan fingerprint density at radius 1 is 1.05 bits per heavy atom. The van der Waals surface area contributed by atoms with Crippen LogP contribution in [0, 0.1) is 0 Å². The average molecular weight is 278 g/mol. The Bertz CT molecular complexity index is 625. The van der Waals surface area contributed by atoms with Gasteiger partial charge in [-0.25, -0.2) is 0 Å². The molecule has 2 aromatic carbocycles. The van der Waals surface area contributed by atoms with E-state index in [1.54, 1.807) is 0 Å². The van der Waals surface area contributed by atoms with Gasteiger partial charge in [-0.05, 0) is 49.4 Å². The molecule has 0 amide bonds. The minimum absolute atomic E-state index is 0.524. The highest BCUT2D eigenvalue weighted by Crippen LogP contribution is 2.32. The fraction of sp³-hybridized carbons (Fsp3) is 0.368. The van der Waals surface area contributed by atoms with Crippen molar-refractivity contribution in [3.63, 3.8) is 0 Å². The van der Waals surface area contributed by atoms with Gasteiger partial charge in [0.1, 0.15) is 0 Å². The van der Waals surface area contributed by atoms with Crippen LogP contribution < -0.4 is 10.2 Å². The lowest BCUT2D eigenvalue weighted by molar-refractivity contribution is 0.540. The van der Waals surface area contributed by atoms with Crippen molar-refractivity contribution in [1.82, 2.24) is 0 Å². The van der Waals surface area contributed by atoms with Crippen LogP contribution in [0.3, 0.4) is 0 Å². The summed E-state index contributed by atoms with van der Waals surface area (Å²) in [6, 6.07) is 18.8. The van der Waals surface area contributed by atoms with E-state index in [1.807, 2.05) is 0 Å². The molecule has 1 N–H and O–H groups in total. The van der Waals surface area contributed by atoms with E-state index < -0.39 is 0 Å². The number of nitrogens with one attached hydrogen (secondary N) is 1. The van der Waals surface area contributed by atoms with Gasteiger partial charge in [0.25, 0.3) is 0 Å². The first-order valence-corrected chi connectivity index (χ1v) is 8.00. The molecular formula is C19H22N2. The first kappa shape index (κ1) is 12.8. The molecule has 2 nitrogen and oxygen atoms in total. The van der Waals surface area contributed by atoms with Crippen molar-refractivity contribution < 1.29 is 0 Å². The zero-order valence-corrected chi connectivity index (χ0v) is 12.5. The van der Waals surface area contributed by atoms with Crippen LogP contribution in [-0.2, 0) is 12.8 Å². The smallest absolute Gasteiger partial charge is 0.0477 e. The van der Waals surface area contributed by atoms with Gasteiger partial charge in [-0.15, -0.1) is 0 Å². The van der Waals surface area contributed by atoms with Gasteiger partial charge in [0.15, 0.2) is 0 Å². The molecule has 2 unspecified atom stereocenters. The molecule has 2 heterocycles. The maximum Gasteiger partial charge on any atom is 0.0477 e. The van der Waals surface area contributed by atoms with Crippen molar-refractivity contribution in [2.75, 3.05) is 16.8 Å². The second-order valence-corrected chi connectivity index (χ2v) is 6.37. The summed E-state index contributed by atoms with van der Waals surface area (Å²) >= 11 is 0. The molecule has 0 radical (unpaired) electrons. The van der Waals surface area contributed by atoms with E-state index in [-0.39, 0.29) is 0 Å². The summed E-state index contributed by atoms with van der Waals surface area (Å²) in [7, 11) is 0. The Morgan fingerprint density at radius 3 is 2.67 bits per heavy atom. The highest BCUT2D eigenvalue weighted by molar-refractivity contribution is 5.60. The van der Waals surface area contributed by atoms with Gasteiger partial charge in [-0.3, -0.25) is 0 Å². The molecule has 2 heteroatoms. The Kier molecular flexibility index (Phi) is 3.10. The van der Waals surface area contributed by atoms with Crippen molar-refractivity contribution in [1.29, 1.82) is 0 Å². The second-order valence-electron chi connectivity index (χ2n) is 6.37. The molecule has 0 aliphatic carbocycles. The summed E-state index contributed by atoms with van der Waals surface area (Å²) < 4.78 is 0. The normalized spacial score (nSPS) is 23.4. The molecule has 2 aliphatic rings. The number of aryl methyl sites for hydroxylation is 1. The zero-order valence-electron chi connectivity index (χ0n) is 12.5. The van der Waals surface area contributed by atoms with Crippen molar-refractivity contribution in [3.05, 3.63) is 59.7 Å². The predicted octanol–water partition coefficient (Wildman–Crippen LogP) is 3.86. The number of anilines is 2. The maximum absolute atomic E-state index is 3.69. The van der Waals surface area contributed by atoms with Crippen LogP contribution in [0.5, 0.6) is 0 Å².